The first-order valence-corrected chi connectivity index (χ1v) is 11.3. The minimum atomic E-state index is -0.0880. The molecule has 0 aromatic heterocycles. The Morgan fingerprint density at radius 2 is 1.97 bits per heavy atom. The van der Waals surface area contributed by atoms with E-state index >= 15 is 0 Å². The minimum absolute atomic E-state index is 0.0645. The number of likely N-dealkylation sites (tertiary alicyclic amines) is 1. The van der Waals surface area contributed by atoms with Gasteiger partial charge in [0.15, 0.2) is 0 Å². The molecule has 3 saturated heterocycles. The molecule has 164 valence electrons. The number of benzene rings is 1. The number of rotatable bonds is 6. The quantitative estimate of drug-likeness (QED) is 0.730. The maximum atomic E-state index is 12.9. The van der Waals surface area contributed by atoms with Crippen LogP contribution >= 0.6 is 0 Å². The van der Waals surface area contributed by atoms with Gasteiger partial charge in [0.25, 0.3) is 0 Å². The lowest BCUT2D eigenvalue weighted by molar-refractivity contribution is -0.127. The zero-order chi connectivity index (χ0) is 20.9. The van der Waals surface area contributed by atoms with Gasteiger partial charge >= 0.3 is 0 Å². The van der Waals surface area contributed by atoms with Crippen LogP contribution in [0.3, 0.4) is 0 Å². The number of likely N-dealkylation sites (N-methyl/N-ethyl adjacent to an activating group) is 1. The van der Waals surface area contributed by atoms with Crippen LogP contribution in [-0.2, 0) is 20.9 Å². The van der Waals surface area contributed by atoms with E-state index in [0.717, 1.165) is 51.0 Å². The summed E-state index contributed by atoms with van der Waals surface area (Å²) in [6, 6.07) is 10.7. The Balaban J connectivity index is 1.31. The van der Waals surface area contributed by atoms with E-state index in [2.05, 4.69) is 27.5 Å². The summed E-state index contributed by atoms with van der Waals surface area (Å²) in [6.45, 7) is 3.70. The molecule has 4 rings (SSSR count). The summed E-state index contributed by atoms with van der Waals surface area (Å²) in [5.41, 5.74) is 1.10. The molecule has 1 aromatic carbocycles. The number of carbonyl (C=O) groups excluding carboxylic acids is 2. The lowest BCUT2D eigenvalue weighted by atomic mass is 10.0. The smallest absolute Gasteiger partial charge is 0.239 e. The Morgan fingerprint density at radius 1 is 1.20 bits per heavy atom. The summed E-state index contributed by atoms with van der Waals surface area (Å²) in [4.78, 5) is 30.1. The average molecular weight is 415 g/mol. The van der Waals surface area contributed by atoms with Crippen molar-refractivity contribution in [1.29, 1.82) is 0 Å². The molecule has 0 bridgehead atoms. The van der Waals surface area contributed by atoms with Gasteiger partial charge in [0.05, 0.1) is 0 Å². The fourth-order valence-corrected chi connectivity index (χ4v) is 5.20. The van der Waals surface area contributed by atoms with E-state index in [0.29, 0.717) is 25.6 Å². The molecule has 2 amide bonds. The molecular weight excluding hydrogens is 380 g/mol. The standard InChI is InChI=1S/C23H34N4O3/c1-26-19(7-8-21(28)24-15-17-5-3-2-4-6-17)16-25-23(29)22-20(26)9-12-27(22)18-10-13-30-14-11-18/h2-6,18-20,22H,7-16H2,1H3,(H,24,28)(H,25,29). The zero-order valence-corrected chi connectivity index (χ0v) is 17.9. The van der Waals surface area contributed by atoms with Crippen LogP contribution in [0.4, 0.5) is 0 Å². The fourth-order valence-electron chi connectivity index (χ4n) is 5.20. The molecule has 1 aromatic rings. The van der Waals surface area contributed by atoms with Crippen molar-refractivity contribution in [2.75, 3.05) is 33.4 Å². The molecule has 3 atom stereocenters. The SMILES string of the molecule is CN1C(CCC(=O)NCc2ccccc2)CNC(=O)C2C1CCN2C1CCOCC1. The molecule has 0 radical (unpaired) electrons. The Morgan fingerprint density at radius 3 is 2.73 bits per heavy atom. The molecule has 7 nitrogen and oxygen atoms in total. The molecule has 0 saturated carbocycles. The van der Waals surface area contributed by atoms with Crippen LogP contribution in [0.5, 0.6) is 0 Å². The van der Waals surface area contributed by atoms with Crippen molar-refractivity contribution in [2.45, 2.75) is 62.8 Å². The van der Waals surface area contributed by atoms with E-state index in [1.807, 2.05) is 30.3 Å². The van der Waals surface area contributed by atoms with Gasteiger partial charge in [0.2, 0.25) is 11.8 Å². The van der Waals surface area contributed by atoms with Gasteiger partial charge < -0.3 is 15.4 Å². The second kappa shape index (κ2) is 9.90. The third-order valence-corrected chi connectivity index (χ3v) is 6.98. The third-order valence-electron chi connectivity index (χ3n) is 6.98. The number of nitrogens with one attached hydrogen (secondary N) is 2. The second-order valence-electron chi connectivity index (χ2n) is 8.75. The molecule has 3 fully saturated rings. The average Bonchev–Trinajstić information content (AvgIpc) is 3.19. The topological polar surface area (TPSA) is 73.9 Å². The van der Waals surface area contributed by atoms with Crippen molar-refractivity contribution < 1.29 is 14.3 Å². The Bertz CT molecular complexity index is 722. The summed E-state index contributed by atoms with van der Waals surface area (Å²) < 4.78 is 5.51. The van der Waals surface area contributed by atoms with Gasteiger partial charge in [-0.25, -0.2) is 0 Å². The summed E-state index contributed by atoms with van der Waals surface area (Å²) in [6.07, 6.45) is 4.23. The Kier molecular flexibility index (Phi) is 7.02. The van der Waals surface area contributed by atoms with Crippen LogP contribution in [0.1, 0.15) is 37.7 Å². The summed E-state index contributed by atoms with van der Waals surface area (Å²) in [5, 5.41) is 6.17. The number of fused-ring (bicyclic) bond motifs is 1. The molecule has 3 aliphatic heterocycles. The van der Waals surface area contributed by atoms with Crippen LogP contribution in [0.25, 0.3) is 0 Å². The molecule has 30 heavy (non-hydrogen) atoms. The summed E-state index contributed by atoms with van der Waals surface area (Å²) in [5.74, 6) is 0.210. The normalized spacial score (nSPS) is 28.6. The summed E-state index contributed by atoms with van der Waals surface area (Å²) >= 11 is 0. The van der Waals surface area contributed by atoms with Crippen molar-refractivity contribution in [1.82, 2.24) is 20.4 Å². The minimum Gasteiger partial charge on any atom is -0.381 e. The van der Waals surface area contributed by atoms with Crippen molar-refractivity contribution in [3.05, 3.63) is 35.9 Å². The van der Waals surface area contributed by atoms with E-state index in [1.165, 1.54) is 0 Å². The highest BCUT2D eigenvalue weighted by molar-refractivity contribution is 5.83. The largest absolute Gasteiger partial charge is 0.381 e. The van der Waals surface area contributed by atoms with Gasteiger partial charge in [-0.05, 0) is 38.3 Å². The molecule has 3 aliphatic rings. The Labute approximate surface area is 179 Å². The first-order chi connectivity index (χ1) is 14.6. The van der Waals surface area contributed by atoms with Crippen molar-refractivity contribution >= 4 is 11.8 Å². The molecule has 2 N–H and O–H groups in total. The van der Waals surface area contributed by atoms with Gasteiger partial charge in [-0.2, -0.15) is 0 Å². The van der Waals surface area contributed by atoms with Gasteiger partial charge in [-0.15, -0.1) is 0 Å². The number of ether oxygens (including phenoxy) is 1. The maximum absolute atomic E-state index is 12.9. The number of hydrogen-bond donors (Lipinski definition) is 2. The highest BCUT2D eigenvalue weighted by Gasteiger charge is 2.47. The van der Waals surface area contributed by atoms with E-state index in [1.54, 1.807) is 0 Å². The van der Waals surface area contributed by atoms with Crippen LogP contribution < -0.4 is 10.6 Å². The van der Waals surface area contributed by atoms with Crippen LogP contribution in [-0.4, -0.2) is 79.1 Å². The van der Waals surface area contributed by atoms with Gasteiger partial charge in [-0.3, -0.25) is 19.4 Å². The predicted octanol–water partition coefficient (Wildman–Crippen LogP) is 1.14. The molecule has 3 unspecified atom stereocenters. The monoisotopic (exact) mass is 414 g/mol. The molecule has 7 heteroatoms. The number of nitrogens with zero attached hydrogens (tertiary/aromatic N) is 2. The van der Waals surface area contributed by atoms with Crippen molar-refractivity contribution in [2.24, 2.45) is 0 Å². The van der Waals surface area contributed by atoms with E-state index in [9.17, 15) is 9.59 Å². The Hall–Kier alpha value is -1.96. The number of amides is 2. The molecule has 3 heterocycles. The van der Waals surface area contributed by atoms with Crippen LogP contribution in [0.2, 0.25) is 0 Å². The van der Waals surface area contributed by atoms with Crippen molar-refractivity contribution in [3.8, 4) is 0 Å². The molecular formula is C23H34N4O3. The maximum Gasteiger partial charge on any atom is 0.239 e. The molecule has 0 spiro atoms. The first-order valence-electron chi connectivity index (χ1n) is 11.3. The van der Waals surface area contributed by atoms with Crippen LogP contribution in [0.15, 0.2) is 30.3 Å². The second-order valence-corrected chi connectivity index (χ2v) is 8.75. The number of hydrogen-bond acceptors (Lipinski definition) is 5. The van der Waals surface area contributed by atoms with Gasteiger partial charge in [0.1, 0.15) is 6.04 Å². The highest BCUT2D eigenvalue weighted by atomic mass is 16.5. The first kappa shape index (κ1) is 21.3. The number of carbonyl (C=O) groups is 2. The van der Waals surface area contributed by atoms with Crippen molar-refractivity contribution in [3.63, 3.8) is 0 Å². The van der Waals surface area contributed by atoms with E-state index < -0.39 is 0 Å². The fraction of sp³-hybridized carbons (Fsp3) is 0.652. The molecule has 0 aliphatic carbocycles. The summed E-state index contributed by atoms with van der Waals surface area (Å²) in [7, 11) is 2.12. The zero-order valence-electron chi connectivity index (χ0n) is 17.9. The van der Waals surface area contributed by atoms with E-state index in [4.69, 9.17) is 4.74 Å². The lowest BCUT2D eigenvalue weighted by Gasteiger charge is -2.37. The van der Waals surface area contributed by atoms with Crippen LogP contribution in [0, 0.1) is 0 Å². The third kappa shape index (κ3) is 4.85. The predicted molar refractivity (Wildman–Crippen MR) is 115 cm³/mol. The highest BCUT2D eigenvalue weighted by Crippen LogP contribution is 2.31. The van der Waals surface area contributed by atoms with Gasteiger partial charge in [-0.1, -0.05) is 30.3 Å². The lowest BCUT2D eigenvalue weighted by Crippen LogP contribution is -2.53. The van der Waals surface area contributed by atoms with E-state index in [-0.39, 0.29) is 29.9 Å². The van der Waals surface area contributed by atoms with Gasteiger partial charge in [0, 0.05) is 57.4 Å².